The molecule has 1 heterocycles. The van der Waals surface area contributed by atoms with Gasteiger partial charge in [-0.2, -0.15) is 4.83 Å². The van der Waals surface area contributed by atoms with E-state index in [1.165, 1.54) is 0 Å². The molecule has 40 valence electrons. The molecule has 0 bridgehead atoms. The van der Waals surface area contributed by atoms with Crippen molar-refractivity contribution in [3.63, 3.8) is 0 Å². The van der Waals surface area contributed by atoms with Gasteiger partial charge in [0.05, 0.1) is 0 Å². The highest BCUT2D eigenvalue weighted by Gasteiger charge is 1.86. The monoisotopic (exact) mass is 134 g/mol. The molecule has 0 radical (unpaired) electrons. The standard InChI is InChI=1S/C3H6N2S2/c1-2-4-5-7-6-3-1/h1,3-5H,2H2. The maximum Gasteiger partial charge on any atom is 0.0298 e. The van der Waals surface area contributed by atoms with Crippen molar-refractivity contribution < 1.29 is 0 Å². The zero-order valence-electron chi connectivity index (χ0n) is 3.68. The summed E-state index contributed by atoms with van der Waals surface area (Å²) in [6.07, 6.45) is 2.07. The molecule has 0 atom stereocenters. The van der Waals surface area contributed by atoms with Crippen molar-refractivity contribution in [2.24, 2.45) is 0 Å². The van der Waals surface area contributed by atoms with E-state index in [9.17, 15) is 0 Å². The molecule has 1 aliphatic heterocycles. The zero-order chi connectivity index (χ0) is 4.95. The first kappa shape index (κ1) is 5.50. The topological polar surface area (TPSA) is 24.1 Å². The third kappa shape index (κ3) is 2.23. The van der Waals surface area contributed by atoms with Crippen LogP contribution in [0.25, 0.3) is 0 Å². The van der Waals surface area contributed by atoms with Gasteiger partial charge < -0.3 is 0 Å². The van der Waals surface area contributed by atoms with Gasteiger partial charge in [0.1, 0.15) is 0 Å². The van der Waals surface area contributed by atoms with E-state index in [0.717, 1.165) is 6.54 Å². The Hall–Kier alpha value is 0.360. The number of hydrogen-bond donors (Lipinski definition) is 2. The minimum absolute atomic E-state index is 0.917. The van der Waals surface area contributed by atoms with Gasteiger partial charge in [0, 0.05) is 17.5 Å². The summed E-state index contributed by atoms with van der Waals surface area (Å²) in [6.45, 7) is 0.917. The molecule has 0 amide bonds. The SMILES string of the molecule is C1=CSSNNC1. The van der Waals surface area contributed by atoms with E-state index in [4.69, 9.17) is 0 Å². The van der Waals surface area contributed by atoms with Crippen molar-refractivity contribution in [3.8, 4) is 0 Å². The Bertz CT molecular complexity index is 65.3. The van der Waals surface area contributed by atoms with Crippen molar-refractivity contribution in [2.75, 3.05) is 6.54 Å². The average Bonchev–Trinajstić information content (AvgIpc) is 1.90. The molecular weight excluding hydrogens is 128 g/mol. The lowest BCUT2D eigenvalue weighted by Crippen LogP contribution is -2.23. The molecular formula is C3H6N2S2. The van der Waals surface area contributed by atoms with Crippen LogP contribution in [0, 0.1) is 0 Å². The average molecular weight is 134 g/mol. The molecule has 1 aliphatic rings. The fourth-order valence-electron chi connectivity index (χ4n) is 0.269. The summed E-state index contributed by atoms with van der Waals surface area (Å²) in [6, 6.07) is 0. The molecule has 0 fully saturated rings. The van der Waals surface area contributed by atoms with Crippen LogP contribution in [0.5, 0.6) is 0 Å². The highest BCUT2D eigenvalue weighted by molar-refractivity contribution is 8.77. The Morgan fingerprint density at radius 3 is 3.57 bits per heavy atom. The van der Waals surface area contributed by atoms with Gasteiger partial charge in [-0.15, -0.1) is 0 Å². The molecule has 0 aromatic carbocycles. The molecule has 4 heteroatoms. The molecule has 0 aromatic heterocycles. The largest absolute Gasteiger partial charge is 0.243 e. The van der Waals surface area contributed by atoms with E-state index in [1.54, 1.807) is 21.8 Å². The zero-order valence-corrected chi connectivity index (χ0v) is 5.31. The van der Waals surface area contributed by atoms with Crippen molar-refractivity contribution in [1.82, 2.24) is 10.3 Å². The molecule has 0 saturated heterocycles. The van der Waals surface area contributed by atoms with Crippen LogP contribution in [0.15, 0.2) is 11.5 Å². The number of nitrogens with one attached hydrogen (secondary N) is 2. The third-order valence-electron chi connectivity index (χ3n) is 0.534. The summed E-state index contributed by atoms with van der Waals surface area (Å²) in [5.74, 6) is 0. The summed E-state index contributed by atoms with van der Waals surface area (Å²) < 4.78 is 0. The molecule has 2 N–H and O–H groups in total. The van der Waals surface area contributed by atoms with Crippen molar-refractivity contribution in [1.29, 1.82) is 0 Å². The van der Waals surface area contributed by atoms with Crippen LogP contribution in [0.4, 0.5) is 0 Å². The van der Waals surface area contributed by atoms with Crippen LogP contribution in [0.2, 0.25) is 0 Å². The van der Waals surface area contributed by atoms with Gasteiger partial charge in [0.15, 0.2) is 0 Å². The summed E-state index contributed by atoms with van der Waals surface area (Å²) in [4.78, 5) is 2.91. The maximum atomic E-state index is 2.95. The van der Waals surface area contributed by atoms with Gasteiger partial charge in [-0.3, -0.25) is 0 Å². The molecule has 1 rings (SSSR count). The molecule has 0 unspecified atom stereocenters. The number of hydrogen-bond acceptors (Lipinski definition) is 4. The molecule has 7 heavy (non-hydrogen) atoms. The Kier molecular flexibility index (Phi) is 2.65. The van der Waals surface area contributed by atoms with Gasteiger partial charge in [0.2, 0.25) is 0 Å². The highest BCUT2D eigenvalue weighted by atomic mass is 33.1. The summed E-state index contributed by atoms with van der Waals surface area (Å²) >= 11 is 0. The predicted octanol–water partition coefficient (Wildman–Crippen LogP) is 0.904. The van der Waals surface area contributed by atoms with E-state index >= 15 is 0 Å². The maximum absolute atomic E-state index is 2.95. The molecule has 0 aliphatic carbocycles. The summed E-state index contributed by atoms with van der Waals surface area (Å²) in [7, 11) is 3.26. The van der Waals surface area contributed by atoms with Gasteiger partial charge >= 0.3 is 0 Å². The first-order chi connectivity index (χ1) is 3.50. The quantitative estimate of drug-likeness (QED) is 0.380. The Morgan fingerprint density at radius 1 is 1.57 bits per heavy atom. The molecule has 0 saturated carbocycles. The summed E-state index contributed by atoms with van der Waals surface area (Å²) in [5, 5.41) is 2.05. The van der Waals surface area contributed by atoms with Crippen molar-refractivity contribution >= 4 is 21.8 Å². The molecule has 2 nitrogen and oxygen atoms in total. The minimum Gasteiger partial charge on any atom is -0.243 e. The lowest BCUT2D eigenvalue weighted by atomic mass is 10.7. The number of hydrazine groups is 1. The number of rotatable bonds is 0. The normalized spacial score (nSPS) is 21.7. The van der Waals surface area contributed by atoms with Crippen molar-refractivity contribution in [3.05, 3.63) is 11.5 Å². The second kappa shape index (κ2) is 3.37. The third-order valence-corrected chi connectivity index (χ3v) is 2.03. The smallest absolute Gasteiger partial charge is 0.0298 e. The van der Waals surface area contributed by atoms with Gasteiger partial charge in [-0.05, 0) is 16.2 Å². The van der Waals surface area contributed by atoms with Crippen LogP contribution >= 0.6 is 21.8 Å². The summed E-state index contributed by atoms with van der Waals surface area (Å²) in [5.41, 5.74) is 2.95. The van der Waals surface area contributed by atoms with Crippen LogP contribution < -0.4 is 10.3 Å². The predicted molar refractivity (Wildman–Crippen MR) is 35.5 cm³/mol. The second-order valence-electron chi connectivity index (χ2n) is 1.03. The van der Waals surface area contributed by atoms with E-state index in [0.29, 0.717) is 0 Å². The van der Waals surface area contributed by atoms with Gasteiger partial charge in [-0.1, -0.05) is 6.08 Å². The first-order valence-electron chi connectivity index (χ1n) is 1.95. The van der Waals surface area contributed by atoms with Gasteiger partial charge in [0.25, 0.3) is 0 Å². The fraction of sp³-hybridized carbons (Fsp3) is 0.333. The lowest BCUT2D eigenvalue weighted by molar-refractivity contribution is 0.760. The first-order valence-corrected chi connectivity index (χ1v) is 4.16. The fourth-order valence-corrected chi connectivity index (χ4v) is 1.41. The van der Waals surface area contributed by atoms with E-state index in [-0.39, 0.29) is 0 Å². The molecule has 0 spiro atoms. The van der Waals surface area contributed by atoms with Crippen LogP contribution in [-0.4, -0.2) is 6.54 Å². The second-order valence-corrected chi connectivity index (χ2v) is 2.95. The van der Waals surface area contributed by atoms with E-state index in [2.05, 4.69) is 21.7 Å². The van der Waals surface area contributed by atoms with E-state index < -0.39 is 0 Å². The highest BCUT2D eigenvalue weighted by Crippen LogP contribution is 2.17. The van der Waals surface area contributed by atoms with Crippen LogP contribution in [0.3, 0.4) is 0 Å². The molecule has 0 aromatic rings. The van der Waals surface area contributed by atoms with Crippen LogP contribution in [0.1, 0.15) is 0 Å². The minimum atomic E-state index is 0.917. The Labute approximate surface area is 50.6 Å². The van der Waals surface area contributed by atoms with E-state index in [1.807, 2.05) is 0 Å². The Balaban J connectivity index is 2.20. The van der Waals surface area contributed by atoms with Crippen molar-refractivity contribution in [2.45, 2.75) is 0 Å². The van der Waals surface area contributed by atoms with Gasteiger partial charge in [-0.25, -0.2) is 5.43 Å². The Morgan fingerprint density at radius 2 is 2.57 bits per heavy atom. The van der Waals surface area contributed by atoms with Crippen LogP contribution in [-0.2, 0) is 0 Å². The lowest BCUT2D eigenvalue weighted by Gasteiger charge is -1.93.